The van der Waals surface area contributed by atoms with E-state index in [1.54, 1.807) is 12.3 Å². The Morgan fingerprint density at radius 1 is 1.24 bits per heavy atom. The number of rotatable bonds is 2. The Morgan fingerprint density at radius 3 is 2.76 bits per heavy atom. The van der Waals surface area contributed by atoms with E-state index in [-0.39, 0.29) is 0 Å². The van der Waals surface area contributed by atoms with E-state index in [0.717, 1.165) is 30.0 Å². The molecule has 21 heavy (non-hydrogen) atoms. The second-order valence-electron chi connectivity index (χ2n) is 4.92. The van der Waals surface area contributed by atoms with E-state index in [2.05, 4.69) is 16.0 Å². The third kappa shape index (κ3) is 2.81. The Hall–Kier alpha value is -2.58. The molecule has 2 aromatic rings. The van der Waals surface area contributed by atoms with Crippen molar-refractivity contribution in [2.45, 2.75) is 0 Å². The van der Waals surface area contributed by atoms with Gasteiger partial charge in [0.2, 0.25) is 0 Å². The Bertz CT molecular complexity index is 687. The maximum Gasteiger partial charge on any atom is 0.130 e. The molecule has 0 aliphatic carbocycles. The highest BCUT2D eigenvalue weighted by Crippen LogP contribution is 2.28. The lowest BCUT2D eigenvalue weighted by Gasteiger charge is -2.28. The van der Waals surface area contributed by atoms with Gasteiger partial charge < -0.3 is 15.4 Å². The quantitative estimate of drug-likeness (QED) is 0.911. The molecule has 1 aliphatic heterocycles. The Kier molecular flexibility index (Phi) is 3.71. The Balaban J connectivity index is 1.92. The van der Waals surface area contributed by atoms with Gasteiger partial charge in [-0.15, -0.1) is 0 Å². The number of hydrogen-bond acceptors (Lipinski definition) is 5. The van der Waals surface area contributed by atoms with Crippen molar-refractivity contribution in [2.75, 3.05) is 36.9 Å². The molecule has 106 valence electrons. The van der Waals surface area contributed by atoms with Crippen molar-refractivity contribution < 1.29 is 4.74 Å². The summed E-state index contributed by atoms with van der Waals surface area (Å²) in [4.78, 5) is 6.66. The first kappa shape index (κ1) is 13.4. The van der Waals surface area contributed by atoms with Crippen LogP contribution >= 0.6 is 0 Å². The van der Waals surface area contributed by atoms with Gasteiger partial charge in [-0.1, -0.05) is 12.1 Å². The van der Waals surface area contributed by atoms with Crippen LogP contribution in [0.15, 0.2) is 36.5 Å². The van der Waals surface area contributed by atoms with Gasteiger partial charge >= 0.3 is 0 Å². The molecule has 0 atom stereocenters. The van der Waals surface area contributed by atoms with Gasteiger partial charge in [0.25, 0.3) is 0 Å². The van der Waals surface area contributed by atoms with E-state index in [0.29, 0.717) is 24.5 Å². The van der Waals surface area contributed by atoms with Crippen LogP contribution in [0.2, 0.25) is 0 Å². The minimum atomic E-state index is 0.615. The van der Waals surface area contributed by atoms with Crippen molar-refractivity contribution in [3.05, 3.63) is 42.1 Å². The largest absolute Gasteiger partial charge is 0.398 e. The molecular weight excluding hydrogens is 264 g/mol. The molecule has 5 nitrogen and oxygen atoms in total. The predicted octanol–water partition coefficient (Wildman–Crippen LogP) is 2.04. The molecule has 2 heterocycles. The number of nitrogens with two attached hydrogens (primary N) is 1. The van der Waals surface area contributed by atoms with E-state index in [9.17, 15) is 0 Å². The smallest absolute Gasteiger partial charge is 0.130 e. The van der Waals surface area contributed by atoms with Crippen molar-refractivity contribution in [1.29, 1.82) is 5.26 Å². The van der Waals surface area contributed by atoms with E-state index in [1.807, 2.05) is 24.3 Å². The summed E-state index contributed by atoms with van der Waals surface area (Å²) in [5, 5.41) is 8.98. The van der Waals surface area contributed by atoms with Gasteiger partial charge in [0.05, 0.1) is 24.8 Å². The number of hydrogen-bond donors (Lipinski definition) is 1. The SMILES string of the molecule is N#Cc1cccc(-c2cnc(N3CCOCC3)cc2N)c1. The van der Waals surface area contributed by atoms with Gasteiger partial charge in [-0.25, -0.2) is 4.98 Å². The van der Waals surface area contributed by atoms with Gasteiger partial charge in [0, 0.05) is 36.6 Å². The summed E-state index contributed by atoms with van der Waals surface area (Å²) in [6, 6.07) is 11.4. The van der Waals surface area contributed by atoms with Crippen molar-refractivity contribution in [1.82, 2.24) is 4.98 Å². The molecule has 1 aromatic heterocycles. The monoisotopic (exact) mass is 280 g/mol. The van der Waals surface area contributed by atoms with E-state index in [4.69, 9.17) is 15.7 Å². The Labute approximate surface area is 123 Å². The first-order valence-electron chi connectivity index (χ1n) is 6.86. The number of nitrogens with zero attached hydrogens (tertiary/aromatic N) is 3. The number of ether oxygens (including phenoxy) is 1. The van der Waals surface area contributed by atoms with Gasteiger partial charge in [0.15, 0.2) is 0 Å². The van der Waals surface area contributed by atoms with Crippen molar-refractivity contribution in [2.24, 2.45) is 0 Å². The standard InChI is InChI=1S/C16H16N4O/c17-10-12-2-1-3-13(8-12)14-11-19-16(9-15(14)18)20-4-6-21-7-5-20/h1-3,8-9,11H,4-7H2,(H2,18,19). The van der Waals surface area contributed by atoms with Crippen LogP contribution < -0.4 is 10.6 Å². The van der Waals surface area contributed by atoms with Crippen LogP contribution in [0.5, 0.6) is 0 Å². The zero-order chi connectivity index (χ0) is 14.7. The second kappa shape index (κ2) is 5.81. The normalized spacial score (nSPS) is 14.7. The molecule has 3 rings (SSSR count). The van der Waals surface area contributed by atoms with Crippen LogP contribution in [0.1, 0.15) is 5.56 Å². The Morgan fingerprint density at radius 2 is 2.05 bits per heavy atom. The molecule has 2 N–H and O–H groups in total. The van der Waals surface area contributed by atoms with Crippen LogP contribution in [0.25, 0.3) is 11.1 Å². The highest BCUT2D eigenvalue weighted by molar-refractivity contribution is 5.78. The fourth-order valence-electron chi connectivity index (χ4n) is 2.42. The number of anilines is 2. The van der Waals surface area contributed by atoms with Crippen molar-refractivity contribution in [3.8, 4) is 17.2 Å². The zero-order valence-electron chi connectivity index (χ0n) is 11.6. The van der Waals surface area contributed by atoms with Crippen LogP contribution in [0.3, 0.4) is 0 Å². The summed E-state index contributed by atoms with van der Waals surface area (Å²) in [6.45, 7) is 3.09. The molecule has 0 spiro atoms. The summed E-state index contributed by atoms with van der Waals surface area (Å²) >= 11 is 0. The lowest BCUT2D eigenvalue weighted by Crippen LogP contribution is -2.36. The summed E-state index contributed by atoms with van der Waals surface area (Å²) in [5.74, 6) is 0.871. The summed E-state index contributed by atoms with van der Waals surface area (Å²) in [7, 11) is 0. The zero-order valence-corrected chi connectivity index (χ0v) is 11.6. The topological polar surface area (TPSA) is 75.2 Å². The molecule has 5 heteroatoms. The molecule has 0 saturated carbocycles. The minimum absolute atomic E-state index is 0.615. The number of nitriles is 1. The van der Waals surface area contributed by atoms with Crippen LogP contribution in [0.4, 0.5) is 11.5 Å². The van der Waals surface area contributed by atoms with Crippen molar-refractivity contribution in [3.63, 3.8) is 0 Å². The lowest BCUT2D eigenvalue weighted by molar-refractivity contribution is 0.122. The summed E-state index contributed by atoms with van der Waals surface area (Å²) < 4.78 is 5.34. The number of benzene rings is 1. The molecule has 1 aromatic carbocycles. The minimum Gasteiger partial charge on any atom is -0.398 e. The first-order valence-corrected chi connectivity index (χ1v) is 6.86. The van der Waals surface area contributed by atoms with Crippen LogP contribution in [0, 0.1) is 11.3 Å². The fraction of sp³-hybridized carbons (Fsp3) is 0.250. The average molecular weight is 280 g/mol. The molecule has 1 aliphatic rings. The van der Waals surface area contributed by atoms with Crippen molar-refractivity contribution >= 4 is 11.5 Å². The molecular formula is C16H16N4O. The number of nitrogen functional groups attached to an aromatic ring is 1. The average Bonchev–Trinajstić information content (AvgIpc) is 2.55. The van der Waals surface area contributed by atoms with Crippen LogP contribution in [-0.4, -0.2) is 31.3 Å². The predicted molar refractivity (Wildman–Crippen MR) is 81.8 cm³/mol. The van der Waals surface area contributed by atoms with Gasteiger partial charge in [0.1, 0.15) is 5.82 Å². The highest BCUT2D eigenvalue weighted by atomic mass is 16.5. The summed E-state index contributed by atoms with van der Waals surface area (Å²) in [6.07, 6.45) is 1.77. The second-order valence-corrected chi connectivity index (χ2v) is 4.92. The van der Waals surface area contributed by atoms with E-state index in [1.165, 1.54) is 0 Å². The van der Waals surface area contributed by atoms with E-state index >= 15 is 0 Å². The van der Waals surface area contributed by atoms with Crippen LogP contribution in [-0.2, 0) is 4.74 Å². The fourth-order valence-corrected chi connectivity index (χ4v) is 2.42. The first-order chi connectivity index (χ1) is 10.3. The maximum absolute atomic E-state index is 8.98. The maximum atomic E-state index is 8.98. The molecule has 0 radical (unpaired) electrons. The highest BCUT2D eigenvalue weighted by Gasteiger charge is 2.14. The number of morpholine rings is 1. The number of aromatic nitrogens is 1. The third-order valence-corrected chi connectivity index (χ3v) is 3.56. The molecule has 1 fully saturated rings. The van der Waals surface area contributed by atoms with Gasteiger partial charge in [-0.3, -0.25) is 0 Å². The molecule has 1 saturated heterocycles. The van der Waals surface area contributed by atoms with Gasteiger partial charge in [-0.05, 0) is 17.7 Å². The third-order valence-electron chi connectivity index (χ3n) is 3.56. The molecule has 0 unspecified atom stereocenters. The molecule has 0 amide bonds. The number of pyridine rings is 1. The molecule has 0 bridgehead atoms. The van der Waals surface area contributed by atoms with E-state index < -0.39 is 0 Å². The van der Waals surface area contributed by atoms with Gasteiger partial charge in [-0.2, -0.15) is 5.26 Å². The lowest BCUT2D eigenvalue weighted by atomic mass is 10.0. The summed E-state index contributed by atoms with van der Waals surface area (Å²) in [5.41, 5.74) is 9.21.